The molecule has 0 N–H and O–H groups in total. The fourth-order valence-electron chi connectivity index (χ4n) is 7.57. The standard InChI is InChI=1S/C66H104O6/c1-4-7-10-13-16-19-22-25-28-31-33-36-38-41-44-47-50-53-56-59-65(68)71-62-63(61-70-64(67)58-55-52-49-46-43-40-37-34-30-27-24-21-18-15-12-9-6-3)72-66(69)60-57-54-51-48-45-42-39-35-32-29-26-23-20-17-14-11-8-5-2/h7,10-11,13-14,16-17,19-20,22-23,25-26,28-29,31-33,35-36,38-39,41,44,63H,4-6,8-9,12,15,18,21,24,27,30,34,37,40,42-43,45-62H2,1-3H3/b10-7-,14-11-,16-13-,20-17-,22-19-,26-23-,28-25-,32-29-,33-31+,38-36-,39-35-,44-41-. The molecule has 0 rings (SSSR count). The second-order valence-electron chi connectivity index (χ2n) is 18.8. The summed E-state index contributed by atoms with van der Waals surface area (Å²) in [6.45, 7) is 6.35. The summed E-state index contributed by atoms with van der Waals surface area (Å²) < 4.78 is 16.8. The molecule has 0 aromatic heterocycles. The van der Waals surface area contributed by atoms with Crippen molar-refractivity contribution in [1.82, 2.24) is 0 Å². The minimum Gasteiger partial charge on any atom is -0.462 e. The first kappa shape index (κ1) is 67.3. The summed E-state index contributed by atoms with van der Waals surface area (Å²) in [5.41, 5.74) is 0. The van der Waals surface area contributed by atoms with Crippen LogP contribution < -0.4 is 0 Å². The molecule has 72 heavy (non-hydrogen) atoms. The highest BCUT2D eigenvalue weighted by atomic mass is 16.6. The lowest BCUT2D eigenvalue weighted by Crippen LogP contribution is -2.30. The van der Waals surface area contributed by atoms with Crippen molar-refractivity contribution < 1.29 is 28.6 Å². The Bertz CT molecular complexity index is 1610. The van der Waals surface area contributed by atoms with E-state index in [-0.39, 0.29) is 37.5 Å². The highest BCUT2D eigenvalue weighted by molar-refractivity contribution is 5.71. The molecule has 0 spiro atoms. The van der Waals surface area contributed by atoms with E-state index in [9.17, 15) is 14.4 Å². The van der Waals surface area contributed by atoms with Crippen molar-refractivity contribution in [2.45, 2.75) is 239 Å². The number of hydrogen-bond acceptors (Lipinski definition) is 6. The first-order valence-electron chi connectivity index (χ1n) is 29.0. The van der Waals surface area contributed by atoms with E-state index in [1.54, 1.807) is 0 Å². The zero-order chi connectivity index (χ0) is 52.2. The lowest BCUT2D eigenvalue weighted by molar-refractivity contribution is -0.167. The molecule has 0 aromatic carbocycles. The third kappa shape index (κ3) is 56.2. The van der Waals surface area contributed by atoms with Crippen LogP contribution in [-0.2, 0) is 28.6 Å². The van der Waals surface area contributed by atoms with Crippen molar-refractivity contribution >= 4 is 17.9 Å². The summed E-state index contributed by atoms with van der Waals surface area (Å²) >= 11 is 0. The number of rotatable bonds is 50. The van der Waals surface area contributed by atoms with Crippen LogP contribution in [0.25, 0.3) is 0 Å². The zero-order valence-electron chi connectivity index (χ0n) is 46.1. The molecular weight excluding hydrogens is 889 g/mol. The number of carbonyl (C=O) groups excluding carboxylic acids is 3. The van der Waals surface area contributed by atoms with Crippen LogP contribution in [0.5, 0.6) is 0 Å². The van der Waals surface area contributed by atoms with E-state index in [2.05, 4.69) is 69.4 Å². The number of carbonyl (C=O) groups is 3. The smallest absolute Gasteiger partial charge is 0.306 e. The molecule has 0 heterocycles. The molecule has 1 atom stereocenters. The molecule has 0 aliphatic heterocycles. The maximum absolute atomic E-state index is 12.9. The monoisotopic (exact) mass is 993 g/mol. The molecule has 0 aliphatic carbocycles. The van der Waals surface area contributed by atoms with Gasteiger partial charge >= 0.3 is 17.9 Å². The number of hydrogen-bond donors (Lipinski definition) is 0. The molecule has 6 heteroatoms. The average molecular weight is 994 g/mol. The lowest BCUT2D eigenvalue weighted by atomic mass is 10.0. The Hall–Kier alpha value is -4.71. The van der Waals surface area contributed by atoms with E-state index < -0.39 is 6.10 Å². The van der Waals surface area contributed by atoms with Gasteiger partial charge < -0.3 is 14.2 Å². The van der Waals surface area contributed by atoms with Crippen LogP contribution in [0, 0.1) is 0 Å². The van der Waals surface area contributed by atoms with Gasteiger partial charge in [-0.15, -0.1) is 0 Å². The van der Waals surface area contributed by atoms with Crippen molar-refractivity contribution in [1.29, 1.82) is 0 Å². The Balaban J connectivity index is 4.57. The summed E-state index contributed by atoms with van der Waals surface area (Å²) in [6.07, 6.45) is 83.9. The topological polar surface area (TPSA) is 78.9 Å². The van der Waals surface area contributed by atoms with Crippen LogP contribution in [0.15, 0.2) is 146 Å². The summed E-state index contributed by atoms with van der Waals surface area (Å²) in [5.74, 6) is -0.982. The second kappa shape index (κ2) is 58.9. The fraction of sp³-hybridized carbons (Fsp3) is 0.591. The van der Waals surface area contributed by atoms with Gasteiger partial charge in [0, 0.05) is 19.3 Å². The molecular formula is C66H104O6. The number of unbranched alkanes of at least 4 members (excludes halogenated alkanes) is 25. The van der Waals surface area contributed by atoms with Crippen LogP contribution >= 0.6 is 0 Å². The molecule has 0 aliphatic rings. The zero-order valence-corrected chi connectivity index (χ0v) is 46.1. The molecule has 0 bridgehead atoms. The van der Waals surface area contributed by atoms with Crippen LogP contribution in [0.4, 0.5) is 0 Å². The van der Waals surface area contributed by atoms with Crippen molar-refractivity contribution in [3.63, 3.8) is 0 Å². The Kier molecular flexibility index (Phi) is 55.0. The molecule has 0 radical (unpaired) electrons. The van der Waals surface area contributed by atoms with Gasteiger partial charge in [0.15, 0.2) is 6.10 Å². The van der Waals surface area contributed by atoms with Crippen LogP contribution in [0.3, 0.4) is 0 Å². The molecule has 0 aromatic rings. The summed E-state index contributed by atoms with van der Waals surface area (Å²) in [6, 6.07) is 0. The molecule has 0 saturated heterocycles. The Labute approximate surface area is 442 Å². The van der Waals surface area contributed by atoms with Gasteiger partial charge in [-0.2, -0.15) is 0 Å². The quantitative estimate of drug-likeness (QED) is 0.0261. The van der Waals surface area contributed by atoms with E-state index >= 15 is 0 Å². The Morgan fingerprint density at radius 1 is 0.292 bits per heavy atom. The predicted octanol–water partition coefficient (Wildman–Crippen LogP) is 19.6. The van der Waals surface area contributed by atoms with Gasteiger partial charge in [0.25, 0.3) is 0 Å². The normalized spacial score (nSPS) is 13.2. The van der Waals surface area contributed by atoms with E-state index in [0.29, 0.717) is 12.8 Å². The van der Waals surface area contributed by atoms with E-state index in [1.165, 1.54) is 96.3 Å². The molecule has 6 nitrogen and oxygen atoms in total. The van der Waals surface area contributed by atoms with Gasteiger partial charge in [-0.05, 0) is 57.8 Å². The second-order valence-corrected chi connectivity index (χ2v) is 18.8. The maximum Gasteiger partial charge on any atom is 0.306 e. The largest absolute Gasteiger partial charge is 0.462 e. The Morgan fingerprint density at radius 2 is 0.569 bits per heavy atom. The number of allylic oxidation sites excluding steroid dienone is 24. The fourth-order valence-corrected chi connectivity index (χ4v) is 7.57. The minimum atomic E-state index is -0.817. The summed E-state index contributed by atoms with van der Waals surface area (Å²) in [7, 11) is 0. The highest BCUT2D eigenvalue weighted by Crippen LogP contribution is 2.15. The summed E-state index contributed by atoms with van der Waals surface area (Å²) in [4.78, 5) is 38.2. The van der Waals surface area contributed by atoms with Crippen molar-refractivity contribution in [2.75, 3.05) is 13.2 Å². The third-order valence-electron chi connectivity index (χ3n) is 11.9. The van der Waals surface area contributed by atoms with Crippen LogP contribution in [-0.4, -0.2) is 37.2 Å². The first-order valence-corrected chi connectivity index (χ1v) is 29.0. The molecule has 0 fully saturated rings. The number of esters is 3. The first-order chi connectivity index (χ1) is 35.5. The SMILES string of the molecule is CC\C=C/C=C\C=C/C=C\C=C\C=C/C=C\CCCCCC(=O)OCC(COC(=O)CCCCCCCCCCCCCCCCCCC)OC(=O)CCCCCCC\C=C/C=C\C=C/C=C\C=C/CCC. The van der Waals surface area contributed by atoms with E-state index in [1.807, 2.05) is 97.2 Å². The van der Waals surface area contributed by atoms with Gasteiger partial charge in [-0.3, -0.25) is 14.4 Å². The Morgan fingerprint density at radius 3 is 0.917 bits per heavy atom. The van der Waals surface area contributed by atoms with E-state index in [0.717, 1.165) is 96.3 Å². The molecule has 404 valence electrons. The van der Waals surface area contributed by atoms with Crippen molar-refractivity contribution in [2.24, 2.45) is 0 Å². The molecule has 0 amide bonds. The number of ether oxygens (including phenoxy) is 3. The van der Waals surface area contributed by atoms with Gasteiger partial charge in [0.1, 0.15) is 13.2 Å². The van der Waals surface area contributed by atoms with Crippen molar-refractivity contribution in [3.8, 4) is 0 Å². The average Bonchev–Trinajstić information content (AvgIpc) is 3.38. The van der Waals surface area contributed by atoms with Gasteiger partial charge in [0.05, 0.1) is 0 Å². The highest BCUT2D eigenvalue weighted by Gasteiger charge is 2.19. The molecule has 1 unspecified atom stereocenters. The maximum atomic E-state index is 12.9. The lowest BCUT2D eigenvalue weighted by Gasteiger charge is -2.18. The van der Waals surface area contributed by atoms with Crippen LogP contribution in [0.1, 0.15) is 233 Å². The minimum absolute atomic E-state index is 0.108. The van der Waals surface area contributed by atoms with Gasteiger partial charge in [-0.1, -0.05) is 301 Å². The van der Waals surface area contributed by atoms with Crippen molar-refractivity contribution in [3.05, 3.63) is 146 Å². The van der Waals surface area contributed by atoms with Gasteiger partial charge in [0.2, 0.25) is 0 Å². The van der Waals surface area contributed by atoms with E-state index in [4.69, 9.17) is 14.2 Å². The molecule has 0 saturated carbocycles. The van der Waals surface area contributed by atoms with Gasteiger partial charge in [-0.25, -0.2) is 0 Å². The predicted molar refractivity (Wildman–Crippen MR) is 311 cm³/mol. The summed E-state index contributed by atoms with van der Waals surface area (Å²) in [5, 5.41) is 0. The third-order valence-corrected chi connectivity index (χ3v) is 11.9. The van der Waals surface area contributed by atoms with Crippen LogP contribution in [0.2, 0.25) is 0 Å².